The third kappa shape index (κ3) is 2.33. The number of nitrogens with one attached hydrogen (secondary N) is 1. The minimum absolute atomic E-state index is 0.375. The van der Waals surface area contributed by atoms with Gasteiger partial charge in [-0.05, 0) is 43.5 Å². The van der Waals surface area contributed by atoms with Crippen LogP contribution in [-0.4, -0.2) is 23.4 Å². The number of aromatic hydroxyl groups is 1. The van der Waals surface area contributed by atoms with Gasteiger partial charge in [0.1, 0.15) is 5.75 Å². The molecule has 0 amide bonds. The van der Waals surface area contributed by atoms with Crippen molar-refractivity contribution >= 4 is 22.5 Å². The molecule has 2 aromatic rings. The highest BCUT2D eigenvalue weighted by Crippen LogP contribution is 2.37. The molecule has 18 heavy (non-hydrogen) atoms. The first kappa shape index (κ1) is 11.9. The summed E-state index contributed by atoms with van der Waals surface area (Å²) in [5.41, 5.74) is 0. The van der Waals surface area contributed by atoms with Crippen LogP contribution in [0.3, 0.4) is 0 Å². The van der Waals surface area contributed by atoms with E-state index < -0.39 is 0 Å². The van der Waals surface area contributed by atoms with E-state index in [2.05, 4.69) is 11.4 Å². The molecule has 0 bridgehead atoms. The lowest BCUT2D eigenvalue weighted by Crippen LogP contribution is -2.29. The van der Waals surface area contributed by atoms with Crippen LogP contribution in [0.2, 0.25) is 0 Å². The second kappa shape index (κ2) is 5.21. The summed E-state index contributed by atoms with van der Waals surface area (Å²) in [4.78, 5) is 1.29. The molecule has 1 aliphatic rings. The average molecular weight is 259 g/mol. The number of benzene rings is 2. The van der Waals surface area contributed by atoms with Crippen molar-refractivity contribution in [2.24, 2.45) is 0 Å². The Morgan fingerprint density at radius 2 is 1.72 bits per heavy atom. The van der Waals surface area contributed by atoms with Crippen molar-refractivity contribution < 1.29 is 5.11 Å². The number of phenols is 1. The largest absolute Gasteiger partial charge is 0.507 e. The lowest BCUT2D eigenvalue weighted by atomic mass is 10.1. The molecular formula is C15H17NOS. The van der Waals surface area contributed by atoms with Crippen LogP contribution in [0, 0.1) is 0 Å². The predicted molar refractivity (Wildman–Crippen MR) is 77.4 cm³/mol. The van der Waals surface area contributed by atoms with Gasteiger partial charge in [-0.3, -0.25) is 0 Å². The van der Waals surface area contributed by atoms with E-state index >= 15 is 0 Å². The molecule has 2 N–H and O–H groups in total. The smallest absolute Gasteiger partial charge is 0.123 e. The number of phenolic OH excluding ortho intramolecular Hbond substituents is 1. The summed E-state index contributed by atoms with van der Waals surface area (Å²) in [7, 11) is 0. The first-order valence-electron chi connectivity index (χ1n) is 6.43. The number of hydrogen-bond donors (Lipinski definition) is 2. The number of thioether (sulfide) groups is 1. The number of rotatable bonds is 2. The van der Waals surface area contributed by atoms with Crippen LogP contribution in [0.5, 0.6) is 5.75 Å². The molecule has 0 radical (unpaired) electrons. The zero-order valence-corrected chi connectivity index (χ0v) is 11.0. The van der Waals surface area contributed by atoms with Gasteiger partial charge in [-0.1, -0.05) is 24.3 Å². The molecule has 0 unspecified atom stereocenters. The van der Waals surface area contributed by atoms with E-state index in [4.69, 9.17) is 0 Å². The van der Waals surface area contributed by atoms with Crippen molar-refractivity contribution in [3.05, 3.63) is 36.4 Å². The Kier molecular flexibility index (Phi) is 3.43. The second-order valence-electron chi connectivity index (χ2n) is 4.70. The van der Waals surface area contributed by atoms with Gasteiger partial charge in [-0.25, -0.2) is 0 Å². The van der Waals surface area contributed by atoms with Crippen molar-refractivity contribution in [1.82, 2.24) is 5.32 Å². The van der Waals surface area contributed by atoms with Crippen LogP contribution in [-0.2, 0) is 0 Å². The monoisotopic (exact) mass is 259 g/mol. The summed E-state index contributed by atoms with van der Waals surface area (Å²) in [6.07, 6.45) is 2.44. The van der Waals surface area contributed by atoms with E-state index in [0.717, 1.165) is 18.5 Å². The summed E-state index contributed by atoms with van der Waals surface area (Å²) < 4.78 is 0. The van der Waals surface area contributed by atoms with E-state index in [-0.39, 0.29) is 0 Å². The highest BCUT2D eigenvalue weighted by atomic mass is 32.2. The second-order valence-corrected chi connectivity index (χ2v) is 6.04. The van der Waals surface area contributed by atoms with E-state index in [1.54, 1.807) is 0 Å². The predicted octanol–water partition coefficient (Wildman–Crippen LogP) is 3.39. The van der Waals surface area contributed by atoms with Gasteiger partial charge in [0.2, 0.25) is 0 Å². The van der Waals surface area contributed by atoms with Crippen LogP contribution >= 0.6 is 11.8 Å². The molecule has 1 fully saturated rings. The molecule has 94 valence electrons. The summed E-state index contributed by atoms with van der Waals surface area (Å²) >= 11 is 1.95. The van der Waals surface area contributed by atoms with Crippen LogP contribution in [0.4, 0.5) is 0 Å². The maximum Gasteiger partial charge on any atom is 0.123 e. The van der Waals surface area contributed by atoms with Gasteiger partial charge >= 0.3 is 0 Å². The van der Waals surface area contributed by atoms with E-state index in [9.17, 15) is 5.11 Å². The number of fused-ring (bicyclic) bond motifs is 1. The minimum Gasteiger partial charge on any atom is -0.507 e. The summed E-state index contributed by atoms with van der Waals surface area (Å²) in [6.45, 7) is 2.24. The summed E-state index contributed by atoms with van der Waals surface area (Å²) in [5.74, 6) is 0.375. The third-order valence-corrected chi connectivity index (χ3v) is 4.86. The van der Waals surface area contributed by atoms with Crippen LogP contribution < -0.4 is 5.32 Å². The van der Waals surface area contributed by atoms with Gasteiger partial charge in [0.05, 0.1) is 0 Å². The Morgan fingerprint density at radius 1 is 1.00 bits per heavy atom. The fourth-order valence-electron chi connectivity index (χ4n) is 2.45. The quantitative estimate of drug-likeness (QED) is 0.867. The highest BCUT2D eigenvalue weighted by molar-refractivity contribution is 8.00. The van der Waals surface area contributed by atoms with Crippen LogP contribution in [0.25, 0.3) is 10.8 Å². The molecular weight excluding hydrogens is 242 g/mol. The first-order valence-corrected chi connectivity index (χ1v) is 7.30. The SMILES string of the molecule is Oc1ccc(SC2CCNCC2)c2ccccc12. The molecule has 0 aliphatic carbocycles. The summed E-state index contributed by atoms with van der Waals surface area (Å²) in [6, 6.07) is 11.9. The Hall–Kier alpha value is -1.19. The molecule has 3 heteroatoms. The van der Waals surface area contributed by atoms with Gasteiger partial charge < -0.3 is 10.4 Å². The molecule has 1 heterocycles. The van der Waals surface area contributed by atoms with Crippen molar-refractivity contribution in [2.75, 3.05) is 13.1 Å². The van der Waals surface area contributed by atoms with Crippen LogP contribution in [0.1, 0.15) is 12.8 Å². The zero-order chi connectivity index (χ0) is 12.4. The van der Waals surface area contributed by atoms with Crippen molar-refractivity contribution in [3.8, 4) is 5.75 Å². The first-order chi connectivity index (χ1) is 8.84. The maximum absolute atomic E-state index is 9.88. The molecule has 0 atom stereocenters. The van der Waals surface area contributed by atoms with Gasteiger partial charge in [0, 0.05) is 15.5 Å². The van der Waals surface area contributed by atoms with Crippen molar-refractivity contribution in [3.63, 3.8) is 0 Å². The third-order valence-electron chi connectivity index (χ3n) is 3.44. The zero-order valence-electron chi connectivity index (χ0n) is 10.2. The van der Waals surface area contributed by atoms with Crippen LogP contribution in [0.15, 0.2) is 41.3 Å². The van der Waals surface area contributed by atoms with Gasteiger partial charge in [-0.2, -0.15) is 0 Å². The highest BCUT2D eigenvalue weighted by Gasteiger charge is 2.15. The molecule has 0 saturated carbocycles. The fraction of sp³-hybridized carbons (Fsp3) is 0.333. The van der Waals surface area contributed by atoms with Crippen molar-refractivity contribution in [1.29, 1.82) is 0 Å². The van der Waals surface area contributed by atoms with E-state index in [0.29, 0.717) is 11.0 Å². The Balaban J connectivity index is 1.94. The lowest BCUT2D eigenvalue weighted by Gasteiger charge is -2.22. The molecule has 1 aliphatic heterocycles. The van der Waals surface area contributed by atoms with E-state index in [1.165, 1.54) is 23.1 Å². The Labute approximate surface area is 111 Å². The maximum atomic E-state index is 9.88. The standard InChI is InChI=1S/C15H17NOS/c17-14-5-6-15(13-4-2-1-3-12(13)14)18-11-7-9-16-10-8-11/h1-6,11,16-17H,7-10H2. The molecule has 0 aromatic heterocycles. The Bertz CT molecular complexity index is 549. The normalized spacial score (nSPS) is 17.1. The summed E-state index contributed by atoms with van der Waals surface area (Å²) in [5, 5.41) is 16.1. The van der Waals surface area contributed by atoms with Crippen molar-refractivity contribution in [2.45, 2.75) is 23.0 Å². The average Bonchev–Trinajstić information content (AvgIpc) is 2.44. The van der Waals surface area contributed by atoms with Gasteiger partial charge in [0.25, 0.3) is 0 Å². The molecule has 1 saturated heterocycles. The topological polar surface area (TPSA) is 32.3 Å². The minimum atomic E-state index is 0.375. The molecule has 2 aromatic carbocycles. The molecule has 0 spiro atoms. The molecule has 2 nitrogen and oxygen atoms in total. The Morgan fingerprint density at radius 3 is 2.50 bits per heavy atom. The lowest BCUT2D eigenvalue weighted by molar-refractivity contribution is 0.481. The van der Waals surface area contributed by atoms with Gasteiger partial charge in [-0.15, -0.1) is 11.8 Å². The number of hydrogen-bond acceptors (Lipinski definition) is 3. The fourth-order valence-corrected chi connectivity index (χ4v) is 3.73. The van der Waals surface area contributed by atoms with Gasteiger partial charge in [0.15, 0.2) is 0 Å². The number of piperidine rings is 1. The molecule has 3 rings (SSSR count). The van der Waals surface area contributed by atoms with E-state index in [1.807, 2.05) is 42.1 Å².